The van der Waals surface area contributed by atoms with Crippen molar-refractivity contribution in [3.63, 3.8) is 0 Å². The quantitative estimate of drug-likeness (QED) is 0.535. The Kier molecular flexibility index (Phi) is 7.15. The standard InChI is InChI=1S/C19H28N4O3/c1-4-21(5-2)13-9-12-20-17(24)14-23-16-11-8-7-10-15(16)22(6-3)18(25)19(23)26/h7-8,10-11H,4-6,9,12-14H2,1-3H3,(H,20,24). The summed E-state index contributed by atoms with van der Waals surface area (Å²) in [4.78, 5) is 39.3. The summed E-state index contributed by atoms with van der Waals surface area (Å²) in [5.74, 6) is -0.259. The van der Waals surface area contributed by atoms with Gasteiger partial charge in [-0.15, -0.1) is 0 Å². The van der Waals surface area contributed by atoms with Gasteiger partial charge in [-0.05, 0) is 45.1 Å². The SMILES string of the molecule is CCN(CC)CCCNC(=O)Cn1c(=O)c(=O)n(CC)c2ccccc21. The number of nitrogens with zero attached hydrogens (tertiary/aromatic N) is 3. The molecule has 0 aliphatic carbocycles. The van der Waals surface area contributed by atoms with Gasteiger partial charge in [-0.25, -0.2) is 0 Å². The van der Waals surface area contributed by atoms with Crippen molar-refractivity contribution < 1.29 is 4.79 Å². The molecule has 0 saturated carbocycles. The predicted molar refractivity (Wildman–Crippen MR) is 104 cm³/mol. The van der Waals surface area contributed by atoms with E-state index in [4.69, 9.17) is 0 Å². The Balaban J connectivity index is 2.13. The molecule has 2 aromatic rings. The average molecular weight is 360 g/mol. The summed E-state index contributed by atoms with van der Waals surface area (Å²) in [6.07, 6.45) is 0.848. The van der Waals surface area contributed by atoms with Crippen LogP contribution in [0.5, 0.6) is 0 Å². The van der Waals surface area contributed by atoms with Gasteiger partial charge in [0.05, 0.1) is 11.0 Å². The Hall–Kier alpha value is -2.41. The summed E-state index contributed by atoms with van der Waals surface area (Å²) in [5.41, 5.74) is -0.00412. The zero-order valence-corrected chi connectivity index (χ0v) is 15.8. The normalized spacial score (nSPS) is 11.2. The van der Waals surface area contributed by atoms with E-state index in [2.05, 4.69) is 24.1 Å². The summed E-state index contributed by atoms with van der Waals surface area (Å²) in [5, 5.41) is 2.84. The number of aryl methyl sites for hydroxylation is 1. The Labute approximate surface area is 153 Å². The van der Waals surface area contributed by atoms with E-state index in [0.717, 1.165) is 26.1 Å². The first kappa shape index (κ1) is 19.9. The van der Waals surface area contributed by atoms with Crippen LogP contribution in [-0.2, 0) is 17.9 Å². The fourth-order valence-electron chi connectivity index (χ4n) is 3.11. The summed E-state index contributed by atoms with van der Waals surface area (Å²) >= 11 is 0. The van der Waals surface area contributed by atoms with Crippen LogP contribution in [0.4, 0.5) is 0 Å². The van der Waals surface area contributed by atoms with Crippen molar-refractivity contribution in [2.75, 3.05) is 26.2 Å². The first-order valence-electron chi connectivity index (χ1n) is 9.24. The average Bonchev–Trinajstić information content (AvgIpc) is 2.66. The molecular formula is C19H28N4O3. The zero-order valence-electron chi connectivity index (χ0n) is 15.8. The maximum absolute atomic E-state index is 12.4. The van der Waals surface area contributed by atoms with Crippen molar-refractivity contribution in [3.8, 4) is 0 Å². The Morgan fingerprint density at radius 2 is 1.58 bits per heavy atom. The van der Waals surface area contributed by atoms with E-state index in [1.165, 1.54) is 9.13 Å². The smallest absolute Gasteiger partial charge is 0.317 e. The van der Waals surface area contributed by atoms with E-state index in [-0.39, 0.29) is 12.5 Å². The molecule has 0 fully saturated rings. The van der Waals surface area contributed by atoms with Crippen LogP contribution >= 0.6 is 0 Å². The number of hydrogen-bond donors (Lipinski definition) is 1. The fourth-order valence-corrected chi connectivity index (χ4v) is 3.11. The van der Waals surface area contributed by atoms with Gasteiger partial charge in [0.1, 0.15) is 6.54 Å². The number of carbonyl (C=O) groups excluding carboxylic acids is 1. The highest BCUT2D eigenvalue weighted by Crippen LogP contribution is 2.10. The second-order valence-corrected chi connectivity index (χ2v) is 6.16. The van der Waals surface area contributed by atoms with Crippen molar-refractivity contribution in [1.29, 1.82) is 0 Å². The number of carbonyl (C=O) groups is 1. The maximum atomic E-state index is 12.4. The number of hydrogen-bond acceptors (Lipinski definition) is 4. The number of benzene rings is 1. The van der Waals surface area contributed by atoms with Gasteiger partial charge >= 0.3 is 11.1 Å². The van der Waals surface area contributed by atoms with Gasteiger partial charge in [-0.3, -0.25) is 19.0 Å². The van der Waals surface area contributed by atoms with Crippen molar-refractivity contribution in [2.24, 2.45) is 0 Å². The molecule has 1 amide bonds. The number of amides is 1. The highest BCUT2D eigenvalue weighted by Gasteiger charge is 2.14. The molecule has 7 nitrogen and oxygen atoms in total. The molecule has 1 heterocycles. The minimum atomic E-state index is -0.663. The summed E-state index contributed by atoms with van der Waals surface area (Å²) in [7, 11) is 0. The van der Waals surface area contributed by atoms with Crippen molar-refractivity contribution in [2.45, 2.75) is 40.3 Å². The predicted octanol–water partition coefficient (Wildman–Crippen LogP) is 1.03. The number of fused-ring (bicyclic) bond motifs is 1. The second kappa shape index (κ2) is 9.33. The fraction of sp³-hybridized carbons (Fsp3) is 0.526. The first-order valence-corrected chi connectivity index (χ1v) is 9.24. The second-order valence-electron chi connectivity index (χ2n) is 6.16. The summed E-state index contributed by atoms with van der Waals surface area (Å²) in [6, 6.07) is 7.16. The lowest BCUT2D eigenvalue weighted by molar-refractivity contribution is -0.121. The topological polar surface area (TPSA) is 76.3 Å². The first-order chi connectivity index (χ1) is 12.5. The number of para-hydroxylation sites is 2. The molecule has 0 unspecified atom stereocenters. The van der Waals surface area contributed by atoms with Crippen LogP contribution in [0.2, 0.25) is 0 Å². The van der Waals surface area contributed by atoms with Gasteiger partial charge in [-0.1, -0.05) is 26.0 Å². The molecule has 1 N–H and O–H groups in total. The number of nitrogens with one attached hydrogen (secondary N) is 1. The zero-order chi connectivity index (χ0) is 19.1. The monoisotopic (exact) mass is 360 g/mol. The molecule has 0 aliphatic rings. The Bertz CT molecular complexity index is 865. The third kappa shape index (κ3) is 4.40. The van der Waals surface area contributed by atoms with Crippen LogP contribution in [0.3, 0.4) is 0 Å². The van der Waals surface area contributed by atoms with Crippen LogP contribution in [0.15, 0.2) is 33.9 Å². The lowest BCUT2D eigenvalue weighted by Gasteiger charge is -2.18. The van der Waals surface area contributed by atoms with E-state index in [0.29, 0.717) is 24.1 Å². The number of rotatable bonds is 9. The van der Waals surface area contributed by atoms with Crippen LogP contribution in [0.25, 0.3) is 11.0 Å². The van der Waals surface area contributed by atoms with Gasteiger partial charge in [0.2, 0.25) is 5.91 Å². The lowest BCUT2D eigenvalue weighted by atomic mass is 10.2. The molecule has 0 atom stereocenters. The molecule has 0 aliphatic heterocycles. The van der Waals surface area contributed by atoms with E-state index in [1.807, 2.05) is 13.0 Å². The number of aromatic nitrogens is 2. The highest BCUT2D eigenvalue weighted by molar-refractivity contribution is 5.80. The molecule has 7 heteroatoms. The summed E-state index contributed by atoms with van der Waals surface area (Å²) < 4.78 is 2.71. The van der Waals surface area contributed by atoms with Gasteiger partial charge in [0.15, 0.2) is 0 Å². The molecule has 0 saturated heterocycles. The van der Waals surface area contributed by atoms with E-state index in [1.54, 1.807) is 18.2 Å². The van der Waals surface area contributed by atoms with Gasteiger partial charge < -0.3 is 14.8 Å². The molecule has 1 aromatic carbocycles. The molecular weight excluding hydrogens is 332 g/mol. The van der Waals surface area contributed by atoms with Crippen LogP contribution in [-0.4, -0.2) is 46.1 Å². The minimum absolute atomic E-state index is 0.148. The van der Waals surface area contributed by atoms with Crippen molar-refractivity contribution in [1.82, 2.24) is 19.4 Å². The van der Waals surface area contributed by atoms with Gasteiger partial charge in [0, 0.05) is 13.1 Å². The van der Waals surface area contributed by atoms with E-state index in [9.17, 15) is 14.4 Å². The molecule has 2 rings (SSSR count). The highest BCUT2D eigenvalue weighted by atomic mass is 16.2. The molecule has 0 bridgehead atoms. The van der Waals surface area contributed by atoms with E-state index < -0.39 is 11.1 Å². The molecule has 0 radical (unpaired) electrons. The molecule has 0 spiro atoms. The maximum Gasteiger partial charge on any atom is 0.317 e. The van der Waals surface area contributed by atoms with Gasteiger partial charge in [-0.2, -0.15) is 0 Å². The van der Waals surface area contributed by atoms with E-state index >= 15 is 0 Å². The molecule has 26 heavy (non-hydrogen) atoms. The summed E-state index contributed by atoms with van der Waals surface area (Å²) in [6.45, 7) is 9.74. The Morgan fingerprint density at radius 3 is 2.15 bits per heavy atom. The van der Waals surface area contributed by atoms with Crippen LogP contribution < -0.4 is 16.4 Å². The van der Waals surface area contributed by atoms with Crippen LogP contribution in [0, 0.1) is 0 Å². The minimum Gasteiger partial charge on any atom is -0.355 e. The van der Waals surface area contributed by atoms with Crippen LogP contribution in [0.1, 0.15) is 27.2 Å². The third-order valence-electron chi connectivity index (χ3n) is 4.62. The van der Waals surface area contributed by atoms with Crippen molar-refractivity contribution >= 4 is 16.9 Å². The third-order valence-corrected chi connectivity index (χ3v) is 4.62. The molecule has 1 aromatic heterocycles. The molecule has 142 valence electrons. The van der Waals surface area contributed by atoms with Crippen molar-refractivity contribution in [3.05, 3.63) is 45.0 Å². The van der Waals surface area contributed by atoms with Gasteiger partial charge in [0.25, 0.3) is 0 Å². The largest absolute Gasteiger partial charge is 0.355 e. The lowest BCUT2D eigenvalue weighted by Crippen LogP contribution is -2.44. The Morgan fingerprint density at radius 1 is 1.00 bits per heavy atom.